The molecule has 1 radical (unpaired) electrons. The van der Waals surface area contributed by atoms with Crippen molar-refractivity contribution in [2.24, 2.45) is 0 Å². The number of hydrogen-bond acceptors (Lipinski definition) is 0. The predicted octanol–water partition coefficient (Wildman–Crippen LogP) is 4.45. The van der Waals surface area contributed by atoms with Gasteiger partial charge in [0.05, 0.1) is 0 Å². The minimum atomic E-state index is 0.808. The van der Waals surface area contributed by atoms with Gasteiger partial charge in [-0.15, -0.1) is 6.58 Å². The Morgan fingerprint density at radius 1 is 1.50 bits per heavy atom. The first-order valence-electron chi connectivity index (χ1n) is 4.98. The molecule has 2 rings (SSSR count). The van der Waals surface area contributed by atoms with Crippen molar-refractivity contribution in [1.29, 1.82) is 0 Å². The summed E-state index contributed by atoms with van der Waals surface area (Å²) in [6.45, 7) is 5.87. The van der Waals surface area contributed by atoms with E-state index in [9.17, 15) is 0 Å². The summed E-state index contributed by atoms with van der Waals surface area (Å²) in [5.41, 5.74) is 2.72. The monoisotopic (exact) mass is 249 g/mol. The van der Waals surface area contributed by atoms with Crippen molar-refractivity contribution in [2.75, 3.05) is 0 Å². The van der Waals surface area contributed by atoms with E-state index in [0.29, 0.717) is 0 Å². The topological polar surface area (TPSA) is 0 Å². The summed E-state index contributed by atoms with van der Waals surface area (Å²) < 4.78 is 1.25. The van der Waals surface area contributed by atoms with Crippen LogP contribution in [0.1, 0.15) is 36.8 Å². The zero-order chi connectivity index (χ0) is 10.1. The lowest BCUT2D eigenvalue weighted by Gasteiger charge is -2.09. The summed E-state index contributed by atoms with van der Waals surface area (Å²) in [6.07, 6.45) is 4.60. The van der Waals surface area contributed by atoms with E-state index in [2.05, 4.69) is 47.6 Å². The van der Waals surface area contributed by atoms with Crippen LogP contribution in [0.4, 0.5) is 0 Å². The van der Waals surface area contributed by atoms with Gasteiger partial charge in [-0.05, 0) is 36.0 Å². The molecule has 1 aromatic rings. The van der Waals surface area contributed by atoms with Gasteiger partial charge in [0.15, 0.2) is 0 Å². The fourth-order valence-electron chi connectivity index (χ4n) is 1.62. The van der Waals surface area contributed by atoms with Crippen LogP contribution >= 0.6 is 15.9 Å². The lowest BCUT2D eigenvalue weighted by atomic mass is 9.99. The largest absolute Gasteiger partial charge is 0.102 e. The van der Waals surface area contributed by atoms with Gasteiger partial charge < -0.3 is 0 Å². The molecule has 1 heteroatoms. The second-order valence-electron chi connectivity index (χ2n) is 3.90. The van der Waals surface area contributed by atoms with Crippen LogP contribution in [0.3, 0.4) is 0 Å². The van der Waals surface area contributed by atoms with E-state index in [0.717, 1.165) is 5.92 Å². The number of hydrogen-bond donors (Lipinski definition) is 0. The average Bonchev–Trinajstić information content (AvgIpc) is 3.00. The Kier molecular flexibility index (Phi) is 2.78. The average molecular weight is 250 g/mol. The molecular weight excluding hydrogens is 236 g/mol. The van der Waals surface area contributed by atoms with Gasteiger partial charge in [-0.2, -0.15) is 0 Å². The molecule has 0 aromatic heterocycles. The second kappa shape index (κ2) is 3.90. The van der Waals surface area contributed by atoms with Crippen LogP contribution in [0.2, 0.25) is 0 Å². The fourth-order valence-corrected chi connectivity index (χ4v) is 2.32. The van der Waals surface area contributed by atoms with Gasteiger partial charge in [0.25, 0.3) is 0 Å². The summed E-state index contributed by atoms with van der Waals surface area (Å²) >= 11 is 3.64. The van der Waals surface area contributed by atoms with Crippen LogP contribution in [0.5, 0.6) is 0 Å². The third kappa shape index (κ3) is 1.93. The predicted molar refractivity (Wildman–Crippen MR) is 64.3 cm³/mol. The Hall–Kier alpha value is -0.560. The van der Waals surface area contributed by atoms with Gasteiger partial charge in [0, 0.05) is 10.4 Å². The van der Waals surface area contributed by atoms with Crippen LogP contribution in [-0.4, -0.2) is 0 Å². The Labute approximate surface area is 94.2 Å². The molecule has 14 heavy (non-hydrogen) atoms. The number of halogens is 1. The molecule has 1 fully saturated rings. The molecular formula is C13H14Br. The summed E-state index contributed by atoms with van der Waals surface area (Å²) in [4.78, 5) is 0. The number of benzene rings is 1. The highest BCUT2D eigenvalue weighted by molar-refractivity contribution is 9.10. The third-order valence-electron chi connectivity index (χ3n) is 2.78. The lowest BCUT2D eigenvalue weighted by Crippen LogP contribution is -1.91. The summed E-state index contributed by atoms with van der Waals surface area (Å²) in [5, 5.41) is 0. The molecule has 0 amide bonds. The van der Waals surface area contributed by atoms with Crippen molar-refractivity contribution < 1.29 is 0 Å². The highest BCUT2D eigenvalue weighted by Gasteiger charge is 2.25. The van der Waals surface area contributed by atoms with Crippen LogP contribution in [-0.2, 0) is 0 Å². The molecule has 0 spiro atoms. The Morgan fingerprint density at radius 2 is 2.21 bits per heavy atom. The molecule has 1 saturated carbocycles. The Bertz CT molecular complexity index is 350. The van der Waals surface area contributed by atoms with Gasteiger partial charge in [-0.1, -0.05) is 41.1 Å². The van der Waals surface area contributed by atoms with Crippen molar-refractivity contribution in [1.82, 2.24) is 0 Å². The van der Waals surface area contributed by atoms with Crippen molar-refractivity contribution in [3.63, 3.8) is 0 Å². The van der Waals surface area contributed by atoms with E-state index in [1.807, 2.05) is 6.08 Å². The van der Waals surface area contributed by atoms with Crippen LogP contribution in [0, 0.1) is 5.92 Å². The summed E-state index contributed by atoms with van der Waals surface area (Å²) in [5.74, 6) is 2.04. The minimum absolute atomic E-state index is 0.808. The maximum absolute atomic E-state index is 3.78. The zero-order valence-corrected chi connectivity index (χ0v) is 9.97. The molecule has 0 nitrogen and oxygen atoms in total. The maximum Gasteiger partial charge on any atom is 0.0230 e. The van der Waals surface area contributed by atoms with Gasteiger partial charge in [-0.25, -0.2) is 0 Å². The first kappa shape index (κ1) is 9.97. The van der Waals surface area contributed by atoms with Crippen molar-refractivity contribution >= 4 is 15.9 Å². The first-order valence-corrected chi connectivity index (χ1v) is 5.77. The number of rotatable bonds is 3. The number of allylic oxidation sites excluding steroid dienone is 1. The zero-order valence-electron chi connectivity index (χ0n) is 8.39. The van der Waals surface area contributed by atoms with E-state index in [1.54, 1.807) is 0 Å². The quantitative estimate of drug-likeness (QED) is 0.743. The van der Waals surface area contributed by atoms with Crippen molar-refractivity contribution in [2.45, 2.75) is 25.7 Å². The molecule has 0 saturated heterocycles. The van der Waals surface area contributed by atoms with Crippen molar-refractivity contribution in [3.05, 3.63) is 52.4 Å². The van der Waals surface area contributed by atoms with E-state index in [1.165, 1.54) is 34.4 Å². The highest BCUT2D eigenvalue weighted by atomic mass is 79.9. The van der Waals surface area contributed by atoms with Crippen LogP contribution in [0.25, 0.3) is 0 Å². The van der Waals surface area contributed by atoms with E-state index in [4.69, 9.17) is 0 Å². The van der Waals surface area contributed by atoms with Gasteiger partial charge in [0.2, 0.25) is 0 Å². The van der Waals surface area contributed by atoms with Crippen LogP contribution < -0.4 is 0 Å². The molecule has 1 aliphatic rings. The smallest absolute Gasteiger partial charge is 0.0230 e. The molecule has 73 valence electrons. The lowest BCUT2D eigenvalue weighted by molar-refractivity contribution is 1.10. The summed E-state index contributed by atoms with van der Waals surface area (Å²) in [6, 6.07) is 6.63. The van der Waals surface area contributed by atoms with Crippen molar-refractivity contribution in [3.8, 4) is 0 Å². The molecule has 0 N–H and O–H groups in total. The first-order chi connectivity index (χ1) is 6.72. The normalized spacial score (nSPS) is 15.9. The van der Waals surface area contributed by atoms with Gasteiger partial charge >= 0.3 is 0 Å². The highest BCUT2D eigenvalue weighted by Crippen LogP contribution is 2.43. The Morgan fingerprint density at radius 3 is 2.71 bits per heavy atom. The van der Waals surface area contributed by atoms with E-state index in [-0.39, 0.29) is 0 Å². The molecule has 0 atom stereocenters. The SMILES string of the molecule is C=C[C](C)c1ccc(C2CC2)c(Br)c1. The van der Waals surface area contributed by atoms with E-state index >= 15 is 0 Å². The molecule has 0 bridgehead atoms. The summed E-state index contributed by atoms with van der Waals surface area (Å²) in [7, 11) is 0. The fraction of sp³-hybridized carbons (Fsp3) is 0.308. The molecule has 0 heterocycles. The standard InChI is InChI=1S/C13H14Br/c1-3-9(2)11-6-7-12(10-4-5-10)13(14)8-11/h3,6-8,10H,1,4-5H2,2H3. The maximum atomic E-state index is 3.78. The molecule has 1 aliphatic carbocycles. The Balaban J connectivity index is 2.29. The molecule has 0 unspecified atom stereocenters. The van der Waals surface area contributed by atoms with E-state index < -0.39 is 0 Å². The molecule has 0 aliphatic heterocycles. The minimum Gasteiger partial charge on any atom is -0.102 e. The van der Waals surface area contributed by atoms with Gasteiger partial charge in [0.1, 0.15) is 0 Å². The third-order valence-corrected chi connectivity index (χ3v) is 3.47. The molecule has 1 aromatic carbocycles. The van der Waals surface area contributed by atoms with Crippen LogP contribution in [0.15, 0.2) is 35.3 Å². The second-order valence-corrected chi connectivity index (χ2v) is 4.75. The van der Waals surface area contributed by atoms with Gasteiger partial charge in [-0.3, -0.25) is 0 Å².